The van der Waals surface area contributed by atoms with Crippen molar-refractivity contribution in [2.75, 3.05) is 0 Å². The molecule has 1 unspecified atom stereocenters. The predicted octanol–water partition coefficient (Wildman–Crippen LogP) is 15.9. The highest BCUT2D eigenvalue weighted by Crippen LogP contribution is 2.42. The fourth-order valence-corrected chi connectivity index (χ4v) is 8.99. The first-order valence-corrected chi connectivity index (χ1v) is 27.0. The summed E-state index contributed by atoms with van der Waals surface area (Å²) in [6.07, 6.45) is 14.8. The molecule has 0 amide bonds. The monoisotopic (exact) mass is 1080 g/mol. The number of rotatable bonds is 14. The van der Waals surface area contributed by atoms with Crippen LogP contribution < -0.4 is 0 Å². The van der Waals surface area contributed by atoms with Gasteiger partial charge in [-0.2, -0.15) is 15.0 Å². The van der Waals surface area contributed by atoms with Crippen molar-refractivity contribution >= 4 is 69.2 Å². The van der Waals surface area contributed by atoms with Gasteiger partial charge in [-0.15, -0.1) is 0 Å². The van der Waals surface area contributed by atoms with E-state index < -0.39 is 0 Å². The number of thiocarbonyl (C=S) groups is 3. The molecule has 79 heavy (non-hydrogen) atoms. The van der Waals surface area contributed by atoms with Crippen molar-refractivity contribution in [1.82, 2.24) is 29.9 Å². The fourth-order valence-electron chi connectivity index (χ4n) is 8.67. The Balaban J connectivity index is 1.34. The van der Waals surface area contributed by atoms with E-state index in [1.807, 2.05) is 42.5 Å². The molecule has 0 radical (unpaired) electrons. The van der Waals surface area contributed by atoms with Gasteiger partial charge in [-0.3, -0.25) is 0 Å². The molecule has 0 spiro atoms. The van der Waals surface area contributed by atoms with Crippen LogP contribution in [0.1, 0.15) is 90.6 Å². The molecule has 0 aliphatic carbocycles. The number of aromatic nitrogens is 6. The highest BCUT2D eigenvalue weighted by Gasteiger charge is 2.22. The Labute approximate surface area is 477 Å². The molecule has 0 saturated heterocycles. The van der Waals surface area contributed by atoms with Crippen molar-refractivity contribution in [2.24, 2.45) is 20.9 Å². The molecule has 9 aromatic rings. The first kappa shape index (κ1) is 54.4. The van der Waals surface area contributed by atoms with E-state index in [0.717, 1.165) is 93.3 Å². The average molecular weight is 1080 g/mol. The van der Waals surface area contributed by atoms with E-state index in [1.165, 1.54) is 16.7 Å². The lowest BCUT2D eigenvalue weighted by Gasteiger charge is -2.18. The van der Waals surface area contributed by atoms with Crippen LogP contribution in [0.4, 0.5) is 17.1 Å². The van der Waals surface area contributed by atoms with Gasteiger partial charge >= 0.3 is 0 Å². The van der Waals surface area contributed by atoms with Gasteiger partial charge in [-0.25, -0.2) is 29.9 Å². The van der Waals surface area contributed by atoms with Crippen LogP contribution in [0.5, 0.6) is 0 Å². The van der Waals surface area contributed by atoms with Gasteiger partial charge in [0.2, 0.25) is 0 Å². The number of aliphatic imine (C=N–C) groups is 3. The van der Waals surface area contributed by atoms with Crippen LogP contribution >= 0.6 is 36.7 Å². The molecule has 0 bridgehead atoms. The van der Waals surface area contributed by atoms with E-state index in [4.69, 9.17) is 56.6 Å². The number of isothiocyanates is 3. The summed E-state index contributed by atoms with van der Waals surface area (Å²) in [5.41, 5.74) is 15.1. The maximum absolute atomic E-state index is 4.97. The third-order valence-electron chi connectivity index (χ3n) is 13.1. The summed E-state index contributed by atoms with van der Waals surface area (Å²) in [5, 5.41) is 7.24. The van der Waals surface area contributed by atoms with E-state index in [9.17, 15) is 0 Å². The summed E-state index contributed by atoms with van der Waals surface area (Å²) in [5.74, 6) is 22.9. The molecule has 1 atom stereocenters. The van der Waals surface area contributed by atoms with E-state index in [1.54, 1.807) is 37.2 Å². The molecule has 9 rings (SSSR count). The lowest BCUT2D eigenvalue weighted by molar-refractivity contribution is 0.560. The molecule has 0 saturated carbocycles. The lowest BCUT2D eigenvalue weighted by Crippen LogP contribution is -1.99. The standard InChI is InChI=1S/C67H49N9S3/c1-5-8-47-13-15-49(16-14-47)24-27-54-33-63(60-34-55(65-68-36-56(37-69-65)74-42-77)29-28-53(60)26-23-50-17-20-51(21-18-50)31-45(4)6-2)64(67-72-40-58(41-73-67)76-44-79)35-61(54)62-32-52(22-19-48-11-9-46(7-3)10-12-48)25-30-59(62)66-70-38-57(39-71-66)75-43-78/h9-18,20-21,25,28-30,32-41,45H,5-8,31H2,1-4H3. The predicted molar refractivity (Wildman–Crippen MR) is 328 cm³/mol. The van der Waals surface area contributed by atoms with Gasteiger partial charge in [-0.05, 0) is 186 Å². The molecule has 12 heteroatoms. The Morgan fingerprint density at radius 1 is 0.405 bits per heavy atom. The minimum absolute atomic E-state index is 0.400. The van der Waals surface area contributed by atoms with Crippen molar-refractivity contribution in [3.63, 3.8) is 0 Å². The van der Waals surface area contributed by atoms with Crippen LogP contribution in [0.2, 0.25) is 0 Å². The maximum Gasteiger partial charge on any atom is 0.159 e. The molecule has 6 aromatic carbocycles. The Morgan fingerprint density at radius 3 is 1.39 bits per heavy atom. The van der Waals surface area contributed by atoms with E-state index >= 15 is 0 Å². The van der Waals surface area contributed by atoms with Gasteiger partial charge in [0, 0.05) is 50.1 Å². The third-order valence-corrected chi connectivity index (χ3v) is 13.4. The highest BCUT2D eigenvalue weighted by molar-refractivity contribution is 7.78. The Morgan fingerprint density at radius 2 is 0.861 bits per heavy atom. The maximum atomic E-state index is 4.97. The minimum Gasteiger partial charge on any atom is -0.234 e. The van der Waals surface area contributed by atoms with Crippen LogP contribution in [0.25, 0.3) is 56.4 Å². The van der Waals surface area contributed by atoms with E-state index in [0.29, 0.717) is 51.6 Å². The van der Waals surface area contributed by atoms with Crippen molar-refractivity contribution in [3.05, 3.63) is 209 Å². The molecule has 3 heterocycles. The van der Waals surface area contributed by atoms with Crippen LogP contribution in [0.15, 0.2) is 173 Å². The van der Waals surface area contributed by atoms with Gasteiger partial charge in [0.1, 0.15) is 17.1 Å². The zero-order valence-corrected chi connectivity index (χ0v) is 46.3. The topological polar surface area (TPSA) is 114 Å². The normalized spacial score (nSPS) is 10.7. The molecular weight excluding hydrogens is 1030 g/mol. The summed E-state index contributed by atoms with van der Waals surface area (Å²) in [6, 6.07) is 41.3. The van der Waals surface area contributed by atoms with Gasteiger partial charge in [0.05, 0.1) is 52.7 Å². The van der Waals surface area contributed by atoms with Gasteiger partial charge in [-0.1, -0.05) is 112 Å². The summed E-state index contributed by atoms with van der Waals surface area (Å²) >= 11 is 14.7. The van der Waals surface area contributed by atoms with Crippen molar-refractivity contribution in [2.45, 2.75) is 59.8 Å². The van der Waals surface area contributed by atoms with Gasteiger partial charge in [0.15, 0.2) is 17.5 Å². The number of hydrogen-bond acceptors (Lipinski definition) is 12. The van der Waals surface area contributed by atoms with Crippen molar-refractivity contribution in [3.8, 4) is 91.9 Å². The first-order valence-electron chi connectivity index (χ1n) is 25.7. The van der Waals surface area contributed by atoms with Crippen molar-refractivity contribution < 1.29 is 0 Å². The van der Waals surface area contributed by atoms with Crippen LogP contribution in [-0.4, -0.2) is 45.4 Å². The largest absolute Gasteiger partial charge is 0.234 e. The molecule has 0 N–H and O–H groups in total. The smallest absolute Gasteiger partial charge is 0.159 e. The van der Waals surface area contributed by atoms with E-state index in [2.05, 4.69) is 183 Å². The first-order chi connectivity index (χ1) is 38.7. The van der Waals surface area contributed by atoms with Crippen LogP contribution in [0.3, 0.4) is 0 Å². The Hall–Kier alpha value is -9.36. The molecule has 0 fully saturated rings. The molecule has 0 aliphatic rings. The zero-order valence-electron chi connectivity index (χ0n) is 43.9. The summed E-state index contributed by atoms with van der Waals surface area (Å²) in [7, 11) is 0. The molecule has 9 nitrogen and oxygen atoms in total. The van der Waals surface area contributed by atoms with E-state index in [-0.39, 0.29) is 0 Å². The number of aryl methyl sites for hydroxylation is 2. The molecule has 380 valence electrons. The number of benzene rings is 6. The fraction of sp³-hybridized carbons (Fsp3) is 0.149. The minimum atomic E-state index is 0.400. The number of nitrogens with zero attached hydrogens (tertiary/aromatic N) is 9. The third kappa shape index (κ3) is 14.0. The van der Waals surface area contributed by atoms with Gasteiger partial charge < -0.3 is 0 Å². The summed E-state index contributed by atoms with van der Waals surface area (Å²) < 4.78 is 0. The Bertz CT molecular complexity index is 4030. The Kier molecular flexibility index (Phi) is 18.3. The molecule has 0 aliphatic heterocycles. The highest BCUT2D eigenvalue weighted by atomic mass is 32.1. The van der Waals surface area contributed by atoms with Gasteiger partial charge in [0.25, 0.3) is 0 Å². The second-order valence-corrected chi connectivity index (χ2v) is 19.1. The summed E-state index contributed by atoms with van der Waals surface area (Å²) in [6.45, 7) is 8.80. The van der Waals surface area contributed by atoms with Crippen molar-refractivity contribution in [1.29, 1.82) is 0 Å². The quantitative estimate of drug-likeness (QED) is 0.0596. The lowest BCUT2D eigenvalue weighted by atomic mass is 9.86. The molecular formula is C67H49N9S3. The van der Waals surface area contributed by atoms with Crippen LogP contribution in [-0.2, 0) is 19.3 Å². The second-order valence-electron chi connectivity index (χ2n) is 18.5. The molecule has 3 aromatic heterocycles. The zero-order chi connectivity index (χ0) is 54.9. The van der Waals surface area contributed by atoms with Crippen LogP contribution in [0, 0.1) is 41.4 Å². The second kappa shape index (κ2) is 26.6. The average Bonchev–Trinajstić information content (AvgIpc) is 3.66. The summed E-state index contributed by atoms with van der Waals surface area (Å²) in [4.78, 5) is 41.2. The number of hydrogen-bond donors (Lipinski definition) is 0. The SMILES string of the molecule is CCCc1ccc(C#Cc2cc(-c3cc(-c4ncc(N=C=S)cn4)ccc3C#Cc3ccc(CC(C)CC)cc3)c(-c3ncc(N=C=S)cn3)cc2-c2cc(C#Cc3ccc(CC)cc3)ccc2-c2ncc(N=C=S)cn2)cc1.